The molecule has 3 aliphatic heterocycles. The van der Waals surface area contributed by atoms with Crippen molar-refractivity contribution in [3.8, 4) is 0 Å². The number of likely N-dealkylation sites (tertiary alicyclic amines) is 2. The molecule has 3 fully saturated rings. The van der Waals surface area contributed by atoms with Gasteiger partial charge in [0.1, 0.15) is 5.82 Å². The van der Waals surface area contributed by atoms with Crippen molar-refractivity contribution in [1.29, 1.82) is 0 Å². The topological polar surface area (TPSA) is 75.6 Å². The molecule has 0 aliphatic carbocycles. The fourth-order valence-corrected chi connectivity index (χ4v) is 4.73. The third-order valence-electron chi connectivity index (χ3n) is 6.58. The summed E-state index contributed by atoms with van der Waals surface area (Å²) < 4.78 is 5.74. The van der Waals surface area contributed by atoms with Gasteiger partial charge >= 0.3 is 0 Å². The maximum absolute atomic E-state index is 12.8. The number of aryl methyl sites for hydroxylation is 1. The highest BCUT2D eigenvalue weighted by atomic mass is 16.5. The largest absolute Gasteiger partial charge is 0.376 e. The Kier molecular flexibility index (Phi) is 5.62. The van der Waals surface area contributed by atoms with E-state index in [2.05, 4.69) is 9.97 Å². The van der Waals surface area contributed by atoms with Gasteiger partial charge in [0, 0.05) is 58.0 Å². The minimum atomic E-state index is 0.0144. The lowest BCUT2D eigenvalue weighted by molar-refractivity contribution is -0.141. The van der Waals surface area contributed by atoms with Crippen LogP contribution in [0.5, 0.6) is 0 Å². The van der Waals surface area contributed by atoms with Gasteiger partial charge in [-0.05, 0) is 37.5 Å². The molecule has 0 saturated carbocycles. The van der Waals surface area contributed by atoms with E-state index in [1.165, 1.54) is 0 Å². The van der Waals surface area contributed by atoms with Crippen LogP contribution in [0.25, 0.3) is 0 Å². The van der Waals surface area contributed by atoms with E-state index in [9.17, 15) is 9.59 Å². The van der Waals surface area contributed by atoms with Crippen molar-refractivity contribution in [2.75, 3.05) is 32.8 Å². The Balaban J connectivity index is 1.35. The second-order valence-corrected chi connectivity index (χ2v) is 8.44. The molecule has 0 aromatic carbocycles. The van der Waals surface area contributed by atoms with Gasteiger partial charge in [0.05, 0.1) is 11.7 Å². The molecule has 28 heavy (non-hydrogen) atoms. The molecular weight excluding hydrogens is 356 g/mol. The Labute approximate surface area is 166 Å². The molecule has 152 valence electrons. The van der Waals surface area contributed by atoms with Crippen LogP contribution in [0.2, 0.25) is 0 Å². The zero-order valence-electron chi connectivity index (χ0n) is 16.7. The summed E-state index contributed by atoms with van der Waals surface area (Å²) in [6.45, 7) is 5.81. The first kappa shape index (κ1) is 19.3. The van der Waals surface area contributed by atoms with Crippen LogP contribution in [0, 0.1) is 5.41 Å². The summed E-state index contributed by atoms with van der Waals surface area (Å²) in [6.07, 6.45) is 9.84. The first-order valence-corrected chi connectivity index (χ1v) is 10.6. The maximum atomic E-state index is 12.8. The quantitative estimate of drug-likeness (QED) is 0.792. The van der Waals surface area contributed by atoms with E-state index in [1.54, 1.807) is 12.4 Å². The first-order chi connectivity index (χ1) is 13.6. The standard InChI is InChI=1S/C21H30N4O3/c1-2-18-22-12-16(13-23-18)20(27)24-9-7-21(8-10-24)6-5-19(26)25(15-21)14-17-4-3-11-28-17/h12-13,17H,2-11,14-15H2,1H3/t17-/m1/s1. The number of amides is 2. The van der Waals surface area contributed by atoms with E-state index in [-0.39, 0.29) is 23.3 Å². The summed E-state index contributed by atoms with van der Waals surface area (Å²) in [6, 6.07) is 0. The lowest BCUT2D eigenvalue weighted by Gasteiger charge is -2.47. The fourth-order valence-electron chi connectivity index (χ4n) is 4.73. The second-order valence-electron chi connectivity index (χ2n) is 8.44. The molecule has 1 spiro atoms. The van der Waals surface area contributed by atoms with E-state index >= 15 is 0 Å². The van der Waals surface area contributed by atoms with Gasteiger partial charge in [-0.25, -0.2) is 9.97 Å². The van der Waals surface area contributed by atoms with E-state index < -0.39 is 0 Å². The van der Waals surface area contributed by atoms with Crippen LogP contribution in [0.15, 0.2) is 12.4 Å². The van der Waals surface area contributed by atoms with Gasteiger partial charge in [0.2, 0.25) is 5.91 Å². The molecule has 1 aromatic heterocycles. The highest BCUT2D eigenvalue weighted by Gasteiger charge is 2.42. The molecule has 0 radical (unpaired) electrons. The molecular formula is C21H30N4O3. The summed E-state index contributed by atoms with van der Waals surface area (Å²) >= 11 is 0. The molecule has 1 aromatic rings. The Morgan fingerprint density at radius 2 is 2.00 bits per heavy atom. The van der Waals surface area contributed by atoms with Crippen LogP contribution < -0.4 is 0 Å². The number of hydrogen-bond donors (Lipinski definition) is 0. The van der Waals surface area contributed by atoms with Gasteiger partial charge in [0.25, 0.3) is 5.91 Å². The minimum Gasteiger partial charge on any atom is -0.376 e. The second kappa shape index (κ2) is 8.15. The minimum absolute atomic E-state index is 0.0144. The zero-order valence-corrected chi connectivity index (χ0v) is 16.7. The fraction of sp³-hybridized carbons (Fsp3) is 0.714. The van der Waals surface area contributed by atoms with Crippen molar-refractivity contribution < 1.29 is 14.3 Å². The predicted octanol–water partition coefficient (Wildman–Crippen LogP) is 2.06. The molecule has 4 heterocycles. The highest BCUT2D eigenvalue weighted by Crippen LogP contribution is 2.40. The van der Waals surface area contributed by atoms with Crippen molar-refractivity contribution >= 4 is 11.8 Å². The average Bonchev–Trinajstić information content (AvgIpc) is 3.24. The van der Waals surface area contributed by atoms with Crippen molar-refractivity contribution in [2.45, 2.75) is 58.0 Å². The summed E-state index contributed by atoms with van der Waals surface area (Å²) in [7, 11) is 0. The molecule has 7 nitrogen and oxygen atoms in total. The Hall–Kier alpha value is -2.02. The van der Waals surface area contributed by atoms with Crippen molar-refractivity contribution in [1.82, 2.24) is 19.8 Å². The van der Waals surface area contributed by atoms with Gasteiger partial charge in [-0.2, -0.15) is 0 Å². The van der Waals surface area contributed by atoms with E-state index in [1.807, 2.05) is 16.7 Å². The lowest BCUT2D eigenvalue weighted by Crippen LogP contribution is -2.53. The zero-order chi connectivity index (χ0) is 19.6. The molecule has 4 rings (SSSR count). The van der Waals surface area contributed by atoms with Crippen LogP contribution in [0.4, 0.5) is 0 Å². The van der Waals surface area contributed by atoms with Gasteiger partial charge < -0.3 is 14.5 Å². The van der Waals surface area contributed by atoms with Crippen molar-refractivity contribution in [3.05, 3.63) is 23.8 Å². The van der Waals surface area contributed by atoms with Gasteiger partial charge in [-0.15, -0.1) is 0 Å². The van der Waals surface area contributed by atoms with Crippen LogP contribution in [-0.4, -0.2) is 70.5 Å². The summed E-state index contributed by atoms with van der Waals surface area (Å²) in [5.74, 6) is 1.03. The number of rotatable bonds is 4. The van der Waals surface area contributed by atoms with E-state index in [4.69, 9.17) is 4.74 Å². The van der Waals surface area contributed by atoms with E-state index in [0.29, 0.717) is 12.0 Å². The molecule has 1 atom stereocenters. The molecule has 2 amide bonds. The SMILES string of the molecule is CCc1ncc(C(=O)N2CCC3(CCC(=O)N(C[C@H]4CCCO4)C3)CC2)cn1. The summed E-state index contributed by atoms with van der Waals surface area (Å²) in [4.78, 5) is 37.6. The molecule has 0 bridgehead atoms. The van der Waals surface area contributed by atoms with Gasteiger partial charge in [-0.1, -0.05) is 6.92 Å². The van der Waals surface area contributed by atoms with Gasteiger partial charge in [-0.3, -0.25) is 9.59 Å². The Morgan fingerprint density at radius 1 is 1.25 bits per heavy atom. The van der Waals surface area contributed by atoms with Crippen LogP contribution >= 0.6 is 0 Å². The third kappa shape index (κ3) is 4.04. The van der Waals surface area contributed by atoms with Crippen LogP contribution in [0.3, 0.4) is 0 Å². The van der Waals surface area contributed by atoms with Crippen LogP contribution in [-0.2, 0) is 16.0 Å². The average molecular weight is 386 g/mol. The smallest absolute Gasteiger partial charge is 0.256 e. The van der Waals surface area contributed by atoms with Crippen molar-refractivity contribution in [2.24, 2.45) is 5.41 Å². The van der Waals surface area contributed by atoms with E-state index in [0.717, 1.165) is 77.1 Å². The van der Waals surface area contributed by atoms with Gasteiger partial charge in [0.15, 0.2) is 0 Å². The van der Waals surface area contributed by atoms with Crippen LogP contribution in [0.1, 0.15) is 61.6 Å². The molecule has 3 saturated heterocycles. The monoisotopic (exact) mass is 386 g/mol. The third-order valence-corrected chi connectivity index (χ3v) is 6.58. The highest BCUT2D eigenvalue weighted by molar-refractivity contribution is 5.93. The number of piperidine rings is 2. The maximum Gasteiger partial charge on any atom is 0.256 e. The first-order valence-electron chi connectivity index (χ1n) is 10.6. The molecule has 0 N–H and O–H groups in total. The van der Waals surface area contributed by atoms with Crippen molar-refractivity contribution in [3.63, 3.8) is 0 Å². The summed E-state index contributed by atoms with van der Waals surface area (Å²) in [5, 5.41) is 0. The normalized spacial score (nSPS) is 24.8. The molecule has 0 unspecified atom stereocenters. The Morgan fingerprint density at radius 3 is 2.64 bits per heavy atom. The molecule has 7 heteroatoms. The molecule has 3 aliphatic rings. The lowest BCUT2D eigenvalue weighted by atomic mass is 9.72. The number of carbonyl (C=O) groups excluding carboxylic acids is 2. The Bertz CT molecular complexity index is 707. The number of carbonyl (C=O) groups is 2. The predicted molar refractivity (Wildman–Crippen MR) is 104 cm³/mol. The number of hydrogen-bond acceptors (Lipinski definition) is 5. The summed E-state index contributed by atoms with van der Waals surface area (Å²) in [5.41, 5.74) is 0.707. The number of aromatic nitrogens is 2. The number of ether oxygens (including phenoxy) is 1. The number of nitrogens with zero attached hydrogens (tertiary/aromatic N) is 4.